The summed E-state index contributed by atoms with van der Waals surface area (Å²) < 4.78 is 0. The van der Waals surface area contributed by atoms with Crippen molar-refractivity contribution in [3.63, 3.8) is 0 Å². The minimum Gasteiger partial charge on any atom is -0.354 e. The van der Waals surface area contributed by atoms with Crippen LogP contribution in [0.2, 0.25) is 0 Å². The first kappa shape index (κ1) is 7.85. The van der Waals surface area contributed by atoms with Crippen LogP contribution in [0.25, 0.3) is 0 Å². The van der Waals surface area contributed by atoms with E-state index in [0.29, 0.717) is 0 Å². The van der Waals surface area contributed by atoms with Crippen molar-refractivity contribution in [3.05, 3.63) is 0 Å². The number of thiocarbonyl (C=S) groups is 1. The highest BCUT2D eigenvalue weighted by atomic mass is 32.1. The Morgan fingerprint density at radius 2 is 2.12 bits per heavy atom. The largest absolute Gasteiger partial charge is 0.354 e. The molecule has 0 spiro atoms. The maximum atomic E-state index is 5.48. The van der Waals surface area contributed by atoms with E-state index in [-0.39, 0.29) is 6.17 Å². The molecule has 0 aliphatic heterocycles. The fourth-order valence-corrected chi connectivity index (χ4v) is 0.453. The van der Waals surface area contributed by atoms with Crippen molar-refractivity contribution in [3.8, 4) is 0 Å². The van der Waals surface area contributed by atoms with Crippen molar-refractivity contribution in [2.75, 3.05) is 7.05 Å². The second-order valence-electron chi connectivity index (χ2n) is 1.87. The molecule has 0 fully saturated rings. The number of nitrogens with zero attached hydrogens (tertiary/aromatic N) is 1. The van der Waals surface area contributed by atoms with Gasteiger partial charge in [-0.25, -0.2) is 0 Å². The average molecular weight is 132 g/mol. The Labute approximate surface area is 55.7 Å². The monoisotopic (exact) mass is 132 g/mol. The summed E-state index contributed by atoms with van der Waals surface area (Å²) in [5.41, 5.74) is 5.48. The van der Waals surface area contributed by atoms with E-state index in [2.05, 4.69) is 0 Å². The molecule has 48 valence electrons. The summed E-state index contributed by atoms with van der Waals surface area (Å²) in [6.07, 6.45) is 0.0347. The Kier molecular flexibility index (Phi) is 2.94. The molecule has 2 N–H and O–H groups in total. The SMILES string of the molecule is CC(=S)N(C)C(C)N. The normalized spacial score (nSPS) is 13.0. The fourth-order valence-electron chi connectivity index (χ4n) is 0.287. The summed E-state index contributed by atoms with van der Waals surface area (Å²) in [5, 5.41) is 0. The Morgan fingerprint density at radius 1 is 1.75 bits per heavy atom. The molecule has 0 saturated heterocycles. The first-order chi connectivity index (χ1) is 3.55. The minimum absolute atomic E-state index is 0.0347. The zero-order chi connectivity index (χ0) is 6.73. The molecule has 0 aromatic carbocycles. The molecule has 0 bridgehead atoms. The Bertz CT molecular complexity index is 90.4. The van der Waals surface area contributed by atoms with Crippen molar-refractivity contribution in [1.29, 1.82) is 0 Å². The molecule has 0 aromatic heterocycles. The van der Waals surface area contributed by atoms with E-state index >= 15 is 0 Å². The number of hydrogen-bond donors (Lipinski definition) is 1. The van der Waals surface area contributed by atoms with Crippen molar-refractivity contribution in [1.82, 2.24) is 4.90 Å². The third-order valence-corrected chi connectivity index (χ3v) is 1.40. The minimum atomic E-state index is 0.0347. The van der Waals surface area contributed by atoms with Gasteiger partial charge in [0.25, 0.3) is 0 Å². The van der Waals surface area contributed by atoms with Crippen LogP contribution in [0, 0.1) is 0 Å². The topological polar surface area (TPSA) is 29.3 Å². The van der Waals surface area contributed by atoms with Gasteiger partial charge in [-0.1, -0.05) is 12.2 Å². The van der Waals surface area contributed by atoms with Crippen LogP contribution in [0.3, 0.4) is 0 Å². The molecule has 0 saturated carbocycles. The van der Waals surface area contributed by atoms with Gasteiger partial charge in [-0.05, 0) is 13.8 Å². The van der Waals surface area contributed by atoms with Gasteiger partial charge in [-0.15, -0.1) is 0 Å². The van der Waals surface area contributed by atoms with E-state index < -0.39 is 0 Å². The van der Waals surface area contributed by atoms with Crippen LogP contribution in [0.4, 0.5) is 0 Å². The average Bonchev–Trinajstić information content (AvgIpc) is 1.64. The van der Waals surface area contributed by atoms with Crippen LogP contribution in [0.5, 0.6) is 0 Å². The predicted octanol–water partition coefficient (Wildman–Crippen LogP) is 0.570. The molecule has 3 heteroatoms. The standard InChI is InChI=1S/C5H12N2S/c1-4(6)7(3)5(2)8/h4H,6H2,1-3H3. The van der Waals surface area contributed by atoms with Gasteiger partial charge in [-0.2, -0.15) is 0 Å². The lowest BCUT2D eigenvalue weighted by Crippen LogP contribution is -2.38. The zero-order valence-corrected chi connectivity index (χ0v) is 6.33. The lowest BCUT2D eigenvalue weighted by Gasteiger charge is -2.21. The second kappa shape index (κ2) is 2.99. The summed E-state index contributed by atoms with van der Waals surface area (Å²) >= 11 is 4.84. The van der Waals surface area contributed by atoms with Crippen LogP contribution in [-0.4, -0.2) is 23.1 Å². The molecule has 0 heterocycles. The molecular weight excluding hydrogens is 120 g/mol. The summed E-state index contributed by atoms with van der Waals surface area (Å²) in [5.74, 6) is 0. The first-order valence-corrected chi connectivity index (χ1v) is 2.95. The van der Waals surface area contributed by atoms with Crippen LogP contribution in [0.15, 0.2) is 0 Å². The number of nitrogens with two attached hydrogens (primary N) is 1. The first-order valence-electron chi connectivity index (χ1n) is 2.54. The van der Waals surface area contributed by atoms with Gasteiger partial charge < -0.3 is 10.6 Å². The summed E-state index contributed by atoms with van der Waals surface area (Å²) in [4.78, 5) is 2.68. The molecule has 0 amide bonds. The highest BCUT2D eigenvalue weighted by molar-refractivity contribution is 7.80. The maximum Gasteiger partial charge on any atom is 0.0757 e. The molecule has 0 aromatic rings. The Morgan fingerprint density at radius 3 is 2.12 bits per heavy atom. The third kappa shape index (κ3) is 2.23. The Balaban J connectivity index is 3.64. The van der Waals surface area contributed by atoms with Crippen LogP contribution >= 0.6 is 12.2 Å². The molecule has 0 aliphatic carbocycles. The van der Waals surface area contributed by atoms with Crippen LogP contribution in [-0.2, 0) is 0 Å². The summed E-state index contributed by atoms with van der Waals surface area (Å²) in [7, 11) is 1.88. The molecular formula is C5H12N2S. The van der Waals surface area contributed by atoms with Crippen molar-refractivity contribution in [2.24, 2.45) is 5.73 Å². The van der Waals surface area contributed by atoms with E-state index in [1.807, 2.05) is 25.8 Å². The van der Waals surface area contributed by atoms with Gasteiger partial charge >= 0.3 is 0 Å². The smallest absolute Gasteiger partial charge is 0.0757 e. The van der Waals surface area contributed by atoms with E-state index in [1.165, 1.54) is 0 Å². The van der Waals surface area contributed by atoms with Gasteiger partial charge in [0.2, 0.25) is 0 Å². The van der Waals surface area contributed by atoms with E-state index in [1.54, 1.807) is 0 Å². The van der Waals surface area contributed by atoms with E-state index in [0.717, 1.165) is 4.99 Å². The lowest BCUT2D eigenvalue weighted by molar-refractivity contribution is 0.405. The molecule has 8 heavy (non-hydrogen) atoms. The van der Waals surface area contributed by atoms with E-state index in [9.17, 15) is 0 Å². The third-order valence-electron chi connectivity index (χ3n) is 1.11. The molecule has 1 unspecified atom stereocenters. The fraction of sp³-hybridized carbons (Fsp3) is 0.800. The second-order valence-corrected chi connectivity index (χ2v) is 2.46. The van der Waals surface area contributed by atoms with Gasteiger partial charge in [0, 0.05) is 7.05 Å². The molecule has 0 rings (SSSR count). The molecule has 0 radical (unpaired) electrons. The quantitative estimate of drug-likeness (QED) is 0.418. The summed E-state index contributed by atoms with van der Waals surface area (Å²) in [6, 6.07) is 0. The van der Waals surface area contributed by atoms with Gasteiger partial charge in [0.05, 0.1) is 11.2 Å². The van der Waals surface area contributed by atoms with Crippen molar-refractivity contribution in [2.45, 2.75) is 20.0 Å². The van der Waals surface area contributed by atoms with Gasteiger partial charge in [0.15, 0.2) is 0 Å². The van der Waals surface area contributed by atoms with Crippen LogP contribution in [0.1, 0.15) is 13.8 Å². The maximum absolute atomic E-state index is 5.48. The number of rotatable bonds is 1. The van der Waals surface area contributed by atoms with Crippen LogP contribution < -0.4 is 5.73 Å². The predicted molar refractivity (Wildman–Crippen MR) is 39.7 cm³/mol. The molecule has 2 nitrogen and oxygen atoms in total. The summed E-state index contributed by atoms with van der Waals surface area (Å²) in [6.45, 7) is 3.76. The molecule has 0 aliphatic rings. The molecule has 1 atom stereocenters. The van der Waals surface area contributed by atoms with Gasteiger partial charge in [-0.3, -0.25) is 0 Å². The lowest BCUT2D eigenvalue weighted by atomic mass is 10.5. The zero-order valence-electron chi connectivity index (χ0n) is 5.51. The Hall–Kier alpha value is -0.150. The van der Waals surface area contributed by atoms with Gasteiger partial charge in [0.1, 0.15) is 0 Å². The van der Waals surface area contributed by atoms with E-state index in [4.69, 9.17) is 18.0 Å². The van der Waals surface area contributed by atoms with Crippen molar-refractivity contribution >= 4 is 17.2 Å². The number of hydrogen-bond acceptors (Lipinski definition) is 2. The highest BCUT2D eigenvalue weighted by Gasteiger charge is 2.00. The highest BCUT2D eigenvalue weighted by Crippen LogP contribution is 1.88. The van der Waals surface area contributed by atoms with Crippen molar-refractivity contribution < 1.29 is 0 Å².